The number of para-hydroxylation sites is 1. The van der Waals surface area contributed by atoms with Crippen LogP contribution in [-0.2, 0) is 23.1 Å². The maximum absolute atomic E-state index is 14.7. The molecule has 0 saturated carbocycles. The summed E-state index contributed by atoms with van der Waals surface area (Å²) in [6, 6.07) is 29.9. The van der Waals surface area contributed by atoms with Crippen molar-refractivity contribution in [3.05, 3.63) is 114 Å². The topological polar surface area (TPSA) is 101 Å². The predicted molar refractivity (Wildman–Crippen MR) is 167 cm³/mol. The summed E-state index contributed by atoms with van der Waals surface area (Å²) in [5.41, 5.74) is 4.30. The van der Waals surface area contributed by atoms with E-state index in [1.807, 2.05) is 91.5 Å². The molecule has 2 aromatic heterocycles. The summed E-state index contributed by atoms with van der Waals surface area (Å²) < 4.78 is 6.96. The van der Waals surface area contributed by atoms with Crippen LogP contribution in [0.1, 0.15) is 35.1 Å². The van der Waals surface area contributed by atoms with E-state index in [2.05, 4.69) is 16.0 Å². The average molecular weight is 574 g/mol. The van der Waals surface area contributed by atoms with Crippen LogP contribution in [0.4, 0.5) is 17.2 Å². The molecule has 3 aromatic carbocycles. The molecule has 0 N–H and O–H groups in total. The van der Waals surface area contributed by atoms with Crippen molar-refractivity contribution in [2.45, 2.75) is 19.9 Å². The molecule has 0 aliphatic rings. The largest absolute Gasteiger partial charge is 0.466 e. The molecule has 2 heterocycles. The van der Waals surface area contributed by atoms with Crippen LogP contribution < -0.4 is 9.38 Å². The number of nitriles is 1. The zero-order valence-corrected chi connectivity index (χ0v) is 24.5. The Balaban J connectivity index is 1.55. The van der Waals surface area contributed by atoms with Crippen LogP contribution in [0.2, 0.25) is 0 Å². The minimum absolute atomic E-state index is 0.0305. The Bertz CT molecular complexity index is 1740. The fourth-order valence-corrected chi connectivity index (χ4v) is 5.29. The number of carbonyl (C=O) groups excluding carboxylic acids is 2. The minimum Gasteiger partial charge on any atom is -0.466 e. The number of fused-ring (bicyclic) bond motifs is 1. The molecule has 9 heteroatoms. The van der Waals surface area contributed by atoms with Gasteiger partial charge >= 0.3 is 11.9 Å². The maximum atomic E-state index is 14.7. The van der Waals surface area contributed by atoms with Crippen molar-refractivity contribution in [3.63, 3.8) is 0 Å². The molecule has 1 amide bonds. The van der Waals surface area contributed by atoms with Crippen LogP contribution in [0.15, 0.2) is 97.2 Å². The Kier molecular flexibility index (Phi) is 8.60. The number of hydrogen-bond donors (Lipinski definition) is 0. The van der Waals surface area contributed by atoms with E-state index in [9.17, 15) is 9.59 Å². The van der Waals surface area contributed by atoms with Crippen LogP contribution in [0.3, 0.4) is 0 Å². The van der Waals surface area contributed by atoms with E-state index >= 15 is 0 Å². The number of amides is 1. The molecule has 0 bridgehead atoms. The number of hydrogen-bond acceptors (Lipinski definition) is 7. The summed E-state index contributed by atoms with van der Waals surface area (Å²) in [5, 5.41) is 9.11. The van der Waals surface area contributed by atoms with Gasteiger partial charge in [0.1, 0.15) is 18.1 Å². The molecule has 216 valence electrons. The van der Waals surface area contributed by atoms with Crippen molar-refractivity contribution in [2.24, 2.45) is 7.05 Å². The number of aromatic nitrogens is 3. The highest BCUT2D eigenvalue weighted by molar-refractivity contribution is 6.07. The maximum Gasteiger partial charge on any atom is 0.357 e. The zero-order chi connectivity index (χ0) is 30.4. The lowest BCUT2D eigenvalue weighted by Crippen LogP contribution is -2.51. The number of imidazole rings is 1. The molecule has 0 radical (unpaired) electrons. The number of aryl methyl sites for hydroxylation is 1. The van der Waals surface area contributed by atoms with Gasteiger partial charge in [0.25, 0.3) is 0 Å². The summed E-state index contributed by atoms with van der Waals surface area (Å²) in [7, 11) is 3.92. The summed E-state index contributed by atoms with van der Waals surface area (Å²) in [6.07, 6.45) is 1.68. The summed E-state index contributed by atoms with van der Waals surface area (Å²) in [6.45, 7) is 2.69. The Morgan fingerprint density at radius 1 is 1.00 bits per heavy atom. The van der Waals surface area contributed by atoms with Crippen LogP contribution in [0, 0.1) is 11.3 Å². The molecule has 1 unspecified atom stereocenters. The van der Waals surface area contributed by atoms with Gasteiger partial charge in [-0.05, 0) is 55.5 Å². The fourth-order valence-electron chi connectivity index (χ4n) is 5.29. The smallest absolute Gasteiger partial charge is 0.357 e. The SMILES string of the molecule is CCOC(=O)CC[N+](C(=O)c1ccc2c(c1)nc(CN(C)c1ccc(C#N)cc1)n2C)(c1ccccc1)c1ccccn1. The van der Waals surface area contributed by atoms with Gasteiger partial charge in [0, 0.05) is 44.2 Å². The molecule has 5 rings (SSSR count). The quantitative estimate of drug-likeness (QED) is 0.151. The first kappa shape index (κ1) is 29.2. The molecule has 5 aromatic rings. The fraction of sp³-hybridized carbons (Fsp3) is 0.206. The molecule has 9 nitrogen and oxygen atoms in total. The number of carbonyl (C=O) groups is 2. The van der Waals surface area contributed by atoms with Gasteiger partial charge in [0.2, 0.25) is 5.82 Å². The zero-order valence-electron chi connectivity index (χ0n) is 24.5. The van der Waals surface area contributed by atoms with E-state index in [-0.39, 0.29) is 35.9 Å². The second-order valence-electron chi connectivity index (χ2n) is 10.2. The first-order chi connectivity index (χ1) is 20.9. The number of esters is 1. The second-order valence-corrected chi connectivity index (χ2v) is 10.2. The molecule has 0 aliphatic carbocycles. The first-order valence-corrected chi connectivity index (χ1v) is 14.1. The van der Waals surface area contributed by atoms with Gasteiger partial charge in [0.15, 0.2) is 0 Å². The van der Waals surface area contributed by atoms with Gasteiger partial charge in [0.05, 0.1) is 47.8 Å². The van der Waals surface area contributed by atoms with E-state index in [1.54, 1.807) is 31.3 Å². The Labute approximate surface area is 250 Å². The van der Waals surface area contributed by atoms with Gasteiger partial charge in [-0.3, -0.25) is 4.79 Å². The number of benzene rings is 3. The summed E-state index contributed by atoms with van der Waals surface area (Å²) in [5.74, 6) is 0.732. The van der Waals surface area contributed by atoms with Gasteiger partial charge in [-0.25, -0.2) is 14.8 Å². The van der Waals surface area contributed by atoms with Crippen LogP contribution >= 0.6 is 0 Å². The normalized spacial score (nSPS) is 12.3. The molecule has 1 atom stereocenters. The second kappa shape index (κ2) is 12.7. The van der Waals surface area contributed by atoms with E-state index < -0.39 is 0 Å². The Hall–Kier alpha value is -5.33. The number of anilines is 1. The lowest BCUT2D eigenvalue weighted by Gasteiger charge is -2.33. The van der Waals surface area contributed by atoms with Gasteiger partial charge in [-0.2, -0.15) is 9.74 Å². The van der Waals surface area contributed by atoms with Crippen LogP contribution in [0.5, 0.6) is 0 Å². The number of ether oxygens (including phenoxy) is 1. The molecule has 0 fully saturated rings. The van der Waals surface area contributed by atoms with Crippen LogP contribution in [0.25, 0.3) is 11.0 Å². The monoisotopic (exact) mass is 573 g/mol. The molecule has 0 aliphatic heterocycles. The van der Waals surface area contributed by atoms with Crippen molar-refractivity contribution in [3.8, 4) is 6.07 Å². The molecule has 43 heavy (non-hydrogen) atoms. The number of nitrogens with zero attached hydrogens (tertiary/aromatic N) is 6. The van der Waals surface area contributed by atoms with Gasteiger partial charge in [-0.15, -0.1) is 0 Å². The lowest BCUT2D eigenvalue weighted by molar-refractivity contribution is -0.143. The predicted octanol–water partition coefficient (Wildman–Crippen LogP) is 5.91. The summed E-state index contributed by atoms with van der Waals surface area (Å²) >= 11 is 0. The highest BCUT2D eigenvalue weighted by Gasteiger charge is 2.44. The van der Waals surface area contributed by atoms with E-state index in [0.717, 1.165) is 17.0 Å². The summed E-state index contributed by atoms with van der Waals surface area (Å²) in [4.78, 5) is 38.8. The third-order valence-electron chi connectivity index (χ3n) is 7.58. The average Bonchev–Trinajstić information content (AvgIpc) is 3.36. The highest BCUT2D eigenvalue weighted by Crippen LogP contribution is 2.36. The minimum atomic E-state index is -0.374. The highest BCUT2D eigenvalue weighted by atomic mass is 16.5. The Morgan fingerprint density at radius 3 is 2.42 bits per heavy atom. The van der Waals surface area contributed by atoms with Crippen molar-refractivity contribution in [1.29, 1.82) is 5.26 Å². The first-order valence-electron chi connectivity index (χ1n) is 14.1. The third kappa shape index (κ3) is 5.87. The van der Waals surface area contributed by atoms with Gasteiger partial charge < -0.3 is 14.2 Å². The number of rotatable bonds is 10. The van der Waals surface area contributed by atoms with Crippen LogP contribution in [-0.4, -0.2) is 46.6 Å². The third-order valence-corrected chi connectivity index (χ3v) is 7.58. The number of quaternary nitrogens is 1. The standard InChI is InChI=1S/C34H33N6O3/c1-4-43-33(41)19-21-40(28-10-6-5-7-11-28,32-12-8-9-20-36-32)34(42)26-15-18-30-29(22-26)37-31(39(30)3)24-38(2)27-16-13-25(23-35)14-17-27/h5-18,20,22H,4,19,21,24H2,1-3H3/q+1. The van der Waals surface area contributed by atoms with E-state index in [1.165, 1.54) is 0 Å². The number of pyridine rings is 1. The van der Waals surface area contributed by atoms with Crippen molar-refractivity contribution >= 4 is 40.1 Å². The van der Waals surface area contributed by atoms with Crippen molar-refractivity contribution in [1.82, 2.24) is 19.0 Å². The lowest BCUT2D eigenvalue weighted by atomic mass is 10.1. The van der Waals surface area contributed by atoms with Crippen molar-refractivity contribution < 1.29 is 14.3 Å². The molecular weight excluding hydrogens is 540 g/mol. The molecule has 0 spiro atoms. The Morgan fingerprint density at radius 2 is 1.74 bits per heavy atom. The molecule has 0 saturated heterocycles. The van der Waals surface area contributed by atoms with Gasteiger partial charge in [-0.1, -0.05) is 24.3 Å². The van der Waals surface area contributed by atoms with E-state index in [0.29, 0.717) is 34.7 Å². The van der Waals surface area contributed by atoms with E-state index in [4.69, 9.17) is 15.0 Å². The van der Waals surface area contributed by atoms with Crippen molar-refractivity contribution in [2.75, 3.05) is 25.1 Å². The molecular formula is C34H33N6O3+.